The van der Waals surface area contributed by atoms with E-state index >= 15 is 0 Å². The van der Waals surface area contributed by atoms with Gasteiger partial charge in [-0.05, 0) is 32.1 Å². The van der Waals surface area contributed by atoms with Crippen molar-refractivity contribution in [2.75, 3.05) is 31.9 Å². The molecule has 0 amide bonds. The van der Waals surface area contributed by atoms with E-state index in [0.717, 1.165) is 13.1 Å². The highest BCUT2D eigenvalue weighted by Gasteiger charge is 2.18. The Morgan fingerprint density at radius 3 is 2.17 bits per heavy atom. The second-order valence-electron chi connectivity index (χ2n) is 5.53. The van der Waals surface area contributed by atoms with Crippen LogP contribution < -0.4 is 9.44 Å². The van der Waals surface area contributed by atoms with Crippen molar-refractivity contribution < 1.29 is 16.8 Å². The Morgan fingerprint density at radius 1 is 1.04 bits per heavy atom. The number of hydrogen-bond acceptors (Lipinski definition) is 5. The maximum Gasteiger partial charge on any atom is 0.240 e. The summed E-state index contributed by atoms with van der Waals surface area (Å²) >= 11 is 0. The molecule has 0 bridgehead atoms. The van der Waals surface area contributed by atoms with Gasteiger partial charge < -0.3 is 4.90 Å². The quantitative estimate of drug-likeness (QED) is 0.589. The van der Waals surface area contributed by atoms with Gasteiger partial charge in [-0.15, -0.1) is 0 Å². The lowest BCUT2D eigenvalue weighted by atomic mass is 10.3. The van der Waals surface area contributed by atoms with Crippen molar-refractivity contribution in [1.29, 1.82) is 0 Å². The zero-order valence-corrected chi connectivity index (χ0v) is 16.0. The summed E-state index contributed by atoms with van der Waals surface area (Å²) in [4.78, 5) is 2.23. The fourth-order valence-electron chi connectivity index (χ4n) is 2.27. The van der Waals surface area contributed by atoms with Gasteiger partial charge in [0.1, 0.15) is 0 Å². The fraction of sp³-hybridized carbons (Fsp3) is 0.600. The number of nitrogens with zero attached hydrogens (tertiary/aromatic N) is 1. The minimum absolute atomic E-state index is 0.116. The van der Waals surface area contributed by atoms with Gasteiger partial charge in [-0.25, -0.2) is 26.3 Å². The van der Waals surface area contributed by atoms with E-state index in [2.05, 4.69) is 14.3 Å². The molecule has 9 heteroatoms. The molecule has 0 aromatic heterocycles. The van der Waals surface area contributed by atoms with Gasteiger partial charge in [-0.1, -0.05) is 32.0 Å². The molecule has 1 rings (SSSR count). The second-order valence-corrected chi connectivity index (χ2v) is 9.17. The zero-order chi connectivity index (χ0) is 18.2. The standard InChI is InChI=1S/C15H27N3O4S2/c1-4-18(5-2)13-14(3)17-23(19,20)12-11-16-24(21,22)15-9-7-6-8-10-15/h6-10,14,16-17H,4-5,11-13H2,1-3H3/t14-/m1/s1. The first-order valence-electron chi connectivity index (χ1n) is 7.97. The Labute approximate surface area is 145 Å². The molecule has 0 saturated carbocycles. The van der Waals surface area contributed by atoms with E-state index in [9.17, 15) is 16.8 Å². The molecule has 0 radical (unpaired) electrons. The average Bonchev–Trinajstić information content (AvgIpc) is 2.52. The minimum Gasteiger partial charge on any atom is -0.302 e. The number of benzene rings is 1. The molecule has 1 aromatic rings. The van der Waals surface area contributed by atoms with Crippen LogP contribution in [0.15, 0.2) is 35.2 Å². The molecule has 0 unspecified atom stereocenters. The van der Waals surface area contributed by atoms with E-state index in [1.165, 1.54) is 12.1 Å². The molecule has 2 N–H and O–H groups in total. The van der Waals surface area contributed by atoms with Gasteiger partial charge in [0.2, 0.25) is 20.0 Å². The monoisotopic (exact) mass is 377 g/mol. The Balaban J connectivity index is 2.51. The smallest absolute Gasteiger partial charge is 0.240 e. The molecule has 24 heavy (non-hydrogen) atoms. The first-order chi connectivity index (χ1) is 11.2. The van der Waals surface area contributed by atoms with Gasteiger partial charge in [0.25, 0.3) is 0 Å². The third kappa shape index (κ3) is 7.27. The zero-order valence-electron chi connectivity index (χ0n) is 14.4. The molecule has 138 valence electrons. The predicted octanol–water partition coefficient (Wildman–Crippen LogP) is 0.615. The van der Waals surface area contributed by atoms with Gasteiger partial charge in [-0.2, -0.15) is 0 Å². The highest BCUT2D eigenvalue weighted by molar-refractivity contribution is 7.90. The largest absolute Gasteiger partial charge is 0.302 e. The first-order valence-corrected chi connectivity index (χ1v) is 11.1. The van der Waals surface area contributed by atoms with Crippen LogP contribution in [-0.4, -0.2) is 59.7 Å². The number of rotatable bonds is 11. The van der Waals surface area contributed by atoms with Crippen LogP contribution >= 0.6 is 0 Å². The van der Waals surface area contributed by atoms with Crippen molar-refractivity contribution in [3.8, 4) is 0 Å². The number of hydrogen-bond donors (Lipinski definition) is 2. The number of likely N-dealkylation sites (N-methyl/N-ethyl adjacent to an activating group) is 1. The van der Waals surface area contributed by atoms with E-state index < -0.39 is 20.0 Å². The maximum absolute atomic E-state index is 12.1. The highest BCUT2D eigenvalue weighted by Crippen LogP contribution is 2.06. The highest BCUT2D eigenvalue weighted by atomic mass is 32.2. The lowest BCUT2D eigenvalue weighted by molar-refractivity contribution is 0.282. The van der Waals surface area contributed by atoms with Crippen molar-refractivity contribution in [3.05, 3.63) is 30.3 Å². The molecule has 0 aliphatic heterocycles. The summed E-state index contributed by atoms with van der Waals surface area (Å²) in [6.45, 7) is 7.96. The van der Waals surface area contributed by atoms with E-state index in [1.54, 1.807) is 25.1 Å². The first kappa shape index (κ1) is 21.0. The normalized spacial score (nSPS) is 14.0. The van der Waals surface area contributed by atoms with Gasteiger partial charge >= 0.3 is 0 Å². The number of nitrogens with one attached hydrogen (secondary N) is 2. The summed E-state index contributed by atoms with van der Waals surface area (Å²) in [5.41, 5.74) is 0. The number of sulfonamides is 2. The third-order valence-electron chi connectivity index (χ3n) is 3.52. The Morgan fingerprint density at radius 2 is 1.62 bits per heavy atom. The molecule has 1 aromatic carbocycles. The summed E-state index contributed by atoms with van der Waals surface area (Å²) in [7, 11) is -7.24. The van der Waals surface area contributed by atoms with Crippen LogP contribution in [0, 0.1) is 0 Å². The summed E-state index contributed by atoms with van der Waals surface area (Å²) in [6.07, 6.45) is 0. The van der Waals surface area contributed by atoms with Gasteiger partial charge in [0.15, 0.2) is 0 Å². The van der Waals surface area contributed by atoms with Crippen LogP contribution in [0.1, 0.15) is 20.8 Å². The van der Waals surface area contributed by atoms with Crippen molar-refractivity contribution in [1.82, 2.24) is 14.3 Å². The van der Waals surface area contributed by atoms with Crippen LogP contribution in [0.4, 0.5) is 0 Å². The molecule has 0 aliphatic rings. The lowest BCUT2D eigenvalue weighted by Gasteiger charge is -2.23. The SMILES string of the molecule is CCN(CC)C[C@@H](C)NS(=O)(=O)CCNS(=O)(=O)c1ccccc1. The van der Waals surface area contributed by atoms with Gasteiger partial charge in [0, 0.05) is 19.1 Å². The van der Waals surface area contributed by atoms with Crippen molar-refractivity contribution in [3.63, 3.8) is 0 Å². The Kier molecular flexibility index (Phi) is 8.31. The van der Waals surface area contributed by atoms with Gasteiger partial charge in [-0.3, -0.25) is 0 Å². The molecule has 1 atom stereocenters. The van der Waals surface area contributed by atoms with E-state index in [4.69, 9.17) is 0 Å². The molecular formula is C15H27N3O4S2. The van der Waals surface area contributed by atoms with Crippen molar-refractivity contribution in [2.24, 2.45) is 0 Å². The van der Waals surface area contributed by atoms with Crippen LogP contribution in [0.2, 0.25) is 0 Å². The van der Waals surface area contributed by atoms with E-state index in [1.807, 2.05) is 13.8 Å². The Hall–Kier alpha value is -1.00. The maximum atomic E-state index is 12.1. The van der Waals surface area contributed by atoms with Crippen LogP contribution in [-0.2, 0) is 20.0 Å². The van der Waals surface area contributed by atoms with Crippen LogP contribution in [0.25, 0.3) is 0 Å². The second kappa shape index (κ2) is 9.47. The third-order valence-corrected chi connectivity index (χ3v) is 6.50. The van der Waals surface area contributed by atoms with E-state index in [-0.39, 0.29) is 23.2 Å². The summed E-state index contributed by atoms with van der Waals surface area (Å²) in [5, 5.41) is 0. The van der Waals surface area contributed by atoms with Crippen LogP contribution in [0.5, 0.6) is 0 Å². The van der Waals surface area contributed by atoms with Crippen molar-refractivity contribution >= 4 is 20.0 Å². The lowest BCUT2D eigenvalue weighted by Crippen LogP contribution is -2.44. The topological polar surface area (TPSA) is 95.6 Å². The minimum atomic E-state index is -3.69. The fourth-order valence-corrected chi connectivity index (χ4v) is 4.62. The molecular weight excluding hydrogens is 350 g/mol. The Bertz CT molecular complexity index is 687. The molecule has 0 spiro atoms. The van der Waals surface area contributed by atoms with E-state index in [0.29, 0.717) is 6.54 Å². The average molecular weight is 378 g/mol. The molecule has 0 aliphatic carbocycles. The van der Waals surface area contributed by atoms with Gasteiger partial charge in [0.05, 0.1) is 10.6 Å². The van der Waals surface area contributed by atoms with Crippen LogP contribution in [0.3, 0.4) is 0 Å². The van der Waals surface area contributed by atoms with Crippen molar-refractivity contribution in [2.45, 2.75) is 31.7 Å². The summed E-state index contributed by atoms with van der Waals surface area (Å²) in [5.74, 6) is -0.304. The molecule has 0 fully saturated rings. The molecule has 7 nitrogen and oxygen atoms in total. The molecule has 0 saturated heterocycles. The molecule has 0 heterocycles. The summed E-state index contributed by atoms with van der Waals surface area (Å²) in [6, 6.07) is 7.62. The summed E-state index contributed by atoms with van der Waals surface area (Å²) < 4.78 is 53.1. The predicted molar refractivity (Wildman–Crippen MR) is 95.8 cm³/mol.